The van der Waals surface area contributed by atoms with E-state index in [-0.39, 0.29) is 0 Å². The van der Waals surface area contributed by atoms with Crippen molar-refractivity contribution in [3.8, 4) is 0 Å². The molecule has 0 saturated heterocycles. The quantitative estimate of drug-likeness (QED) is 0.443. The largest absolute Gasteiger partial charge is 0.237 e. The summed E-state index contributed by atoms with van der Waals surface area (Å²) in [6, 6.07) is 0.970. The molecule has 1 heterocycles. The molecule has 1 aliphatic carbocycles. The van der Waals surface area contributed by atoms with E-state index in [1.807, 2.05) is 0 Å². The maximum atomic E-state index is 2.51. The lowest BCUT2D eigenvalue weighted by molar-refractivity contribution is -0.530. The smallest absolute Gasteiger partial charge is 0.152 e. The summed E-state index contributed by atoms with van der Waals surface area (Å²) in [6.07, 6.45) is 8.01. The molecular formula is C7H12N+. The zero-order valence-corrected chi connectivity index (χ0v) is 5.14. The van der Waals surface area contributed by atoms with Crippen LogP contribution in [0, 0.1) is 0 Å². The van der Waals surface area contributed by atoms with Crippen LogP contribution in [0.4, 0.5) is 0 Å². The topological polar surface area (TPSA) is 3.01 Å². The van der Waals surface area contributed by atoms with E-state index in [2.05, 4.69) is 10.8 Å². The third-order valence-corrected chi connectivity index (χ3v) is 2.00. The van der Waals surface area contributed by atoms with Crippen LogP contribution < -0.4 is 0 Å². The Morgan fingerprint density at radius 3 is 2.75 bits per heavy atom. The van der Waals surface area contributed by atoms with Crippen molar-refractivity contribution >= 4 is 6.21 Å². The molecule has 44 valence electrons. The average molecular weight is 110 g/mol. The highest BCUT2D eigenvalue weighted by Crippen LogP contribution is 2.24. The standard InChI is InChI=1S/C7H12N/c1-2-6-8(5-1)7-3-4-7/h5,7H,1-4,6H2/q+1. The first-order valence-electron chi connectivity index (χ1n) is 3.56. The first-order chi connectivity index (χ1) is 3.97. The van der Waals surface area contributed by atoms with E-state index in [1.54, 1.807) is 0 Å². The van der Waals surface area contributed by atoms with Gasteiger partial charge in [-0.15, -0.1) is 0 Å². The summed E-state index contributed by atoms with van der Waals surface area (Å²) in [5, 5.41) is 0. The molecule has 0 amide bonds. The highest BCUT2D eigenvalue weighted by molar-refractivity contribution is 5.52. The first kappa shape index (κ1) is 4.54. The van der Waals surface area contributed by atoms with Crippen LogP contribution in [0.2, 0.25) is 0 Å². The fraction of sp³-hybridized carbons (Fsp3) is 0.857. The van der Waals surface area contributed by atoms with Crippen LogP contribution in [-0.4, -0.2) is 23.4 Å². The van der Waals surface area contributed by atoms with Gasteiger partial charge in [0.05, 0.1) is 0 Å². The van der Waals surface area contributed by atoms with Crippen molar-refractivity contribution in [1.29, 1.82) is 0 Å². The van der Waals surface area contributed by atoms with Crippen molar-refractivity contribution in [2.24, 2.45) is 0 Å². The van der Waals surface area contributed by atoms with Gasteiger partial charge < -0.3 is 0 Å². The van der Waals surface area contributed by atoms with Crippen LogP contribution in [0.5, 0.6) is 0 Å². The maximum Gasteiger partial charge on any atom is 0.152 e. The first-order valence-corrected chi connectivity index (χ1v) is 3.56. The van der Waals surface area contributed by atoms with Crippen LogP contribution in [0.1, 0.15) is 25.7 Å². The van der Waals surface area contributed by atoms with Gasteiger partial charge in [-0.2, -0.15) is 0 Å². The summed E-state index contributed by atoms with van der Waals surface area (Å²) in [4.78, 5) is 0. The molecule has 1 saturated carbocycles. The Hall–Kier alpha value is -0.330. The second-order valence-corrected chi connectivity index (χ2v) is 2.79. The lowest BCUT2D eigenvalue weighted by Gasteiger charge is -1.89. The van der Waals surface area contributed by atoms with Crippen molar-refractivity contribution in [3.05, 3.63) is 0 Å². The van der Waals surface area contributed by atoms with Crippen molar-refractivity contribution < 1.29 is 4.58 Å². The molecule has 0 unspecified atom stereocenters. The highest BCUT2D eigenvalue weighted by Gasteiger charge is 2.33. The molecule has 1 fully saturated rings. The molecule has 1 aliphatic heterocycles. The van der Waals surface area contributed by atoms with Gasteiger partial charge in [0.15, 0.2) is 6.04 Å². The molecule has 1 nitrogen and oxygen atoms in total. The normalized spacial score (nSPS) is 28.2. The molecule has 0 atom stereocenters. The minimum absolute atomic E-state index is 0.970. The average Bonchev–Trinajstić information content (AvgIpc) is 2.49. The van der Waals surface area contributed by atoms with Gasteiger partial charge in [0.2, 0.25) is 0 Å². The molecule has 0 aromatic carbocycles. The van der Waals surface area contributed by atoms with E-state index >= 15 is 0 Å². The van der Waals surface area contributed by atoms with E-state index in [4.69, 9.17) is 0 Å². The summed E-state index contributed by atoms with van der Waals surface area (Å²) < 4.78 is 2.51. The predicted molar refractivity (Wildman–Crippen MR) is 33.4 cm³/mol. The Kier molecular flexibility index (Phi) is 0.893. The van der Waals surface area contributed by atoms with Crippen molar-refractivity contribution in [1.82, 2.24) is 0 Å². The summed E-state index contributed by atoms with van der Waals surface area (Å²) in [5.41, 5.74) is 0. The van der Waals surface area contributed by atoms with Crippen LogP contribution in [0.15, 0.2) is 0 Å². The summed E-state index contributed by atoms with van der Waals surface area (Å²) in [6.45, 7) is 1.34. The fourth-order valence-electron chi connectivity index (χ4n) is 1.36. The number of rotatable bonds is 1. The van der Waals surface area contributed by atoms with Crippen LogP contribution >= 0.6 is 0 Å². The Balaban J connectivity index is 2.02. The molecular weight excluding hydrogens is 98.1 g/mol. The minimum Gasteiger partial charge on any atom is -0.237 e. The van der Waals surface area contributed by atoms with Gasteiger partial charge in [-0.1, -0.05) is 0 Å². The second kappa shape index (κ2) is 1.57. The van der Waals surface area contributed by atoms with Gasteiger partial charge in [-0.05, 0) is 0 Å². The van der Waals surface area contributed by atoms with Crippen LogP contribution in [0.3, 0.4) is 0 Å². The molecule has 0 N–H and O–H groups in total. The van der Waals surface area contributed by atoms with E-state index in [0.717, 1.165) is 6.04 Å². The van der Waals surface area contributed by atoms with E-state index < -0.39 is 0 Å². The van der Waals surface area contributed by atoms with Gasteiger partial charge in [-0.25, -0.2) is 4.58 Å². The van der Waals surface area contributed by atoms with Crippen LogP contribution in [-0.2, 0) is 0 Å². The van der Waals surface area contributed by atoms with Crippen molar-refractivity contribution in [2.45, 2.75) is 31.7 Å². The number of hydrogen-bond acceptors (Lipinski definition) is 0. The lowest BCUT2D eigenvalue weighted by Crippen LogP contribution is -2.10. The SMILES string of the molecule is C1=[N+](C2CC2)CCC1. The Morgan fingerprint density at radius 2 is 2.25 bits per heavy atom. The summed E-state index contributed by atoms with van der Waals surface area (Å²) >= 11 is 0. The van der Waals surface area contributed by atoms with Crippen molar-refractivity contribution in [3.63, 3.8) is 0 Å². The molecule has 1 heteroatoms. The van der Waals surface area contributed by atoms with Gasteiger partial charge in [-0.3, -0.25) is 0 Å². The van der Waals surface area contributed by atoms with Gasteiger partial charge >= 0.3 is 0 Å². The second-order valence-electron chi connectivity index (χ2n) is 2.79. The zero-order valence-electron chi connectivity index (χ0n) is 5.14. The Labute approximate surface area is 50.0 Å². The summed E-state index contributed by atoms with van der Waals surface area (Å²) in [7, 11) is 0. The molecule has 0 aromatic heterocycles. The third kappa shape index (κ3) is 0.662. The summed E-state index contributed by atoms with van der Waals surface area (Å²) in [5.74, 6) is 0. The number of nitrogens with zero attached hydrogens (tertiary/aromatic N) is 1. The fourth-order valence-corrected chi connectivity index (χ4v) is 1.36. The molecule has 2 aliphatic rings. The van der Waals surface area contributed by atoms with Gasteiger partial charge in [0.1, 0.15) is 12.8 Å². The molecule has 0 spiro atoms. The minimum atomic E-state index is 0.970. The molecule has 8 heavy (non-hydrogen) atoms. The predicted octanol–water partition coefficient (Wildman–Crippen LogP) is 1.03. The molecule has 0 bridgehead atoms. The third-order valence-electron chi connectivity index (χ3n) is 2.00. The monoisotopic (exact) mass is 110 g/mol. The van der Waals surface area contributed by atoms with E-state index in [1.165, 1.54) is 32.2 Å². The van der Waals surface area contributed by atoms with Gasteiger partial charge in [0, 0.05) is 25.7 Å². The van der Waals surface area contributed by atoms with Gasteiger partial charge in [0.25, 0.3) is 0 Å². The van der Waals surface area contributed by atoms with Crippen LogP contribution in [0.25, 0.3) is 0 Å². The molecule has 0 aromatic rings. The lowest BCUT2D eigenvalue weighted by atomic mass is 10.4. The highest BCUT2D eigenvalue weighted by atomic mass is 15.1. The Morgan fingerprint density at radius 1 is 1.38 bits per heavy atom. The molecule has 2 rings (SSSR count). The molecule has 0 radical (unpaired) electrons. The zero-order chi connectivity index (χ0) is 5.40. The number of hydrogen-bond donors (Lipinski definition) is 0. The Bertz CT molecular complexity index is 122. The maximum absolute atomic E-state index is 2.51. The van der Waals surface area contributed by atoms with E-state index in [0.29, 0.717) is 0 Å². The van der Waals surface area contributed by atoms with Crippen molar-refractivity contribution in [2.75, 3.05) is 6.54 Å². The van der Waals surface area contributed by atoms with E-state index in [9.17, 15) is 0 Å².